The van der Waals surface area contributed by atoms with E-state index in [0.717, 1.165) is 16.7 Å². The van der Waals surface area contributed by atoms with Crippen LogP contribution in [0.5, 0.6) is 11.5 Å². The van der Waals surface area contributed by atoms with Gasteiger partial charge in [0.25, 0.3) is 11.1 Å². The maximum atomic E-state index is 12.6. The van der Waals surface area contributed by atoms with Crippen LogP contribution in [-0.4, -0.2) is 35.2 Å². The molecule has 0 aliphatic carbocycles. The molecule has 0 saturated carbocycles. The summed E-state index contributed by atoms with van der Waals surface area (Å²) in [4.78, 5) is 38.4. The molecule has 2 heterocycles. The van der Waals surface area contributed by atoms with Crippen molar-refractivity contribution < 1.29 is 28.3 Å². The number of ether oxygens (including phenoxy) is 2. The second-order valence-corrected chi connectivity index (χ2v) is 7.43. The maximum absolute atomic E-state index is 12.6. The summed E-state index contributed by atoms with van der Waals surface area (Å²) in [6.45, 7) is 0.352. The Bertz CT molecular complexity index is 1120. The Balaban J connectivity index is 1.40. The zero-order chi connectivity index (χ0) is 21.6. The highest BCUT2D eigenvalue weighted by molar-refractivity contribution is 8.18. The molecule has 2 amide bonds. The first kappa shape index (κ1) is 20.5. The maximum Gasteiger partial charge on any atom is 0.379 e. The van der Waals surface area contributed by atoms with E-state index >= 15 is 0 Å². The standard InChI is InChI=1S/C23H17NO6S/c25-21-20(31-23(27)24(21)11-13-28-17-7-2-1-3-8-17)15-16-6-4-9-18(14-16)30-22(26)19-10-5-12-29-19/h1-10,12,14-15H,11,13H2/b20-15-. The third kappa shape index (κ3) is 5.04. The van der Waals surface area contributed by atoms with Crippen molar-refractivity contribution in [3.63, 3.8) is 0 Å². The lowest BCUT2D eigenvalue weighted by atomic mass is 10.2. The van der Waals surface area contributed by atoms with Gasteiger partial charge in [-0.25, -0.2) is 4.79 Å². The average molecular weight is 435 g/mol. The van der Waals surface area contributed by atoms with Crippen LogP contribution in [0.4, 0.5) is 4.79 Å². The Labute approximate surface area is 182 Å². The molecule has 7 nitrogen and oxygen atoms in total. The molecule has 0 spiro atoms. The summed E-state index contributed by atoms with van der Waals surface area (Å²) in [6, 6.07) is 18.9. The van der Waals surface area contributed by atoms with Gasteiger partial charge in [0.15, 0.2) is 0 Å². The molecule has 3 aromatic rings. The Kier molecular flexibility index (Phi) is 6.18. The second kappa shape index (κ2) is 9.36. The first-order valence-electron chi connectivity index (χ1n) is 9.39. The van der Waals surface area contributed by atoms with E-state index in [9.17, 15) is 14.4 Å². The highest BCUT2D eigenvalue weighted by Gasteiger charge is 2.34. The summed E-state index contributed by atoms with van der Waals surface area (Å²) in [5, 5.41) is -0.353. The Morgan fingerprint density at radius 3 is 2.58 bits per heavy atom. The topological polar surface area (TPSA) is 86.0 Å². The SMILES string of the molecule is O=C(Oc1cccc(/C=C2\SC(=O)N(CCOc3ccccc3)C2=O)c1)c1ccco1. The summed E-state index contributed by atoms with van der Waals surface area (Å²) in [5.74, 6) is 0.0475. The Hall–Kier alpha value is -3.78. The van der Waals surface area contributed by atoms with Crippen molar-refractivity contribution in [1.82, 2.24) is 4.90 Å². The molecular formula is C23H17NO6S. The fourth-order valence-corrected chi connectivity index (χ4v) is 3.70. The number of carbonyl (C=O) groups excluding carboxylic acids is 3. The van der Waals surface area contributed by atoms with Crippen molar-refractivity contribution in [2.75, 3.05) is 13.2 Å². The van der Waals surface area contributed by atoms with E-state index in [2.05, 4.69) is 0 Å². The summed E-state index contributed by atoms with van der Waals surface area (Å²) in [6.07, 6.45) is 2.97. The lowest BCUT2D eigenvalue weighted by molar-refractivity contribution is -0.123. The zero-order valence-electron chi connectivity index (χ0n) is 16.2. The van der Waals surface area contributed by atoms with Crippen molar-refractivity contribution in [3.05, 3.63) is 89.2 Å². The predicted molar refractivity (Wildman–Crippen MR) is 115 cm³/mol. The van der Waals surface area contributed by atoms with E-state index in [0.29, 0.717) is 22.0 Å². The Morgan fingerprint density at radius 1 is 1.00 bits per heavy atom. The van der Waals surface area contributed by atoms with Gasteiger partial charge in [-0.2, -0.15) is 0 Å². The quantitative estimate of drug-likeness (QED) is 0.304. The van der Waals surface area contributed by atoms with Gasteiger partial charge in [-0.15, -0.1) is 0 Å². The summed E-state index contributed by atoms with van der Waals surface area (Å²) >= 11 is 0.861. The van der Waals surface area contributed by atoms with Crippen molar-refractivity contribution in [2.24, 2.45) is 0 Å². The largest absolute Gasteiger partial charge is 0.492 e. The molecule has 1 aliphatic heterocycles. The van der Waals surface area contributed by atoms with Gasteiger partial charge in [-0.05, 0) is 59.8 Å². The van der Waals surface area contributed by atoms with Crippen LogP contribution in [0.1, 0.15) is 16.1 Å². The van der Waals surface area contributed by atoms with E-state index in [1.807, 2.05) is 18.2 Å². The number of esters is 1. The molecule has 0 bridgehead atoms. The predicted octanol–water partition coefficient (Wildman–Crippen LogP) is 4.61. The number of imide groups is 1. The highest BCUT2D eigenvalue weighted by atomic mass is 32.2. The van der Waals surface area contributed by atoms with Gasteiger partial charge >= 0.3 is 5.97 Å². The third-order valence-corrected chi connectivity index (χ3v) is 5.20. The van der Waals surface area contributed by atoms with Crippen LogP contribution >= 0.6 is 11.8 Å². The molecule has 4 rings (SSSR count). The molecule has 1 saturated heterocycles. The first-order valence-corrected chi connectivity index (χ1v) is 10.2. The molecule has 0 N–H and O–H groups in total. The summed E-state index contributed by atoms with van der Waals surface area (Å²) in [5.41, 5.74) is 0.621. The minimum absolute atomic E-state index is 0.0873. The van der Waals surface area contributed by atoms with Crippen LogP contribution in [0.15, 0.2) is 82.3 Å². The van der Waals surface area contributed by atoms with E-state index in [-0.39, 0.29) is 30.1 Å². The number of furan rings is 1. The summed E-state index contributed by atoms with van der Waals surface area (Å²) < 4.78 is 15.9. The minimum atomic E-state index is -0.624. The molecular weight excluding hydrogens is 418 g/mol. The van der Waals surface area contributed by atoms with Gasteiger partial charge in [0.1, 0.15) is 18.1 Å². The molecule has 31 heavy (non-hydrogen) atoms. The monoisotopic (exact) mass is 435 g/mol. The van der Waals surface area contributed by atoms with Crippen molar-refractivity contribution in [2.45, 2.75) is 0 Å². The van der Waals surface area contributed by atoms with Crippen molar-refractivity contribution in [3.8, 4) is 11.5 Å². The zero-order valence-corrected chi connectivity index (χ0v) is 17.0. The van der Waals surface area contributed by atoms with Gasteiger partial charge < -0.3 is 13.9 Å². The molecule has 0 radical (unpaired) electrons. The molecule has 1 fully saturated rings. The third-order valence-electron chi connectivity index (χ3n) is 4.29. The van der Waals surface area contributed by atoms with Crippen LogP contribution in [0, 0.1) is 0 Å². The van der Waals surface area contributed by atoms with Gasteiger partial charge in [0.05, 0.1) is 17.7 Å². The normalized spacial score (nSPS) is 14.8. The van der Waals surface area contributed by atoms with E-state index in [4.69, 9.17) is 13.9 Å². The molecule has 2 aromatic carbocycles. The fourth-order valence-electron chi connectivity index (χ4n) is 2.84. The van der Waals surface area contributed by atoms with Gasteiger partial charge in [0, 0.05) is 0 Å². The van der Waals surface area contributed by atoms with Crippen LogP contribution < -0.4 is 9.47 Å². The number of hydrogen-bond acceptors (Lipinski definition) is 7. The lowest BCUT2D eigenvalue weighted by Crippen LogP contribution is -2.32. The van der Waals surface area contributed by atoms with Gasteiger partial charge in [0.2, 0.25) is 5.76 Å². The molecule has 1 aliphatic rings. The molecule has 0 unspecified atom stereocenters. The first-order chi connectivity index (χ1) is 15.1. The number of rotatable bonds is 7. The average Bonchev–Trinajstić information content (AvgIpc) is 3.40. The summed E-state index contributed by atoms with van der Waals surface area (Å²) in [7, 11) is 0. The van der Waals surface area contributed by atoms with E-state index in [1.165, 1.54) is 12.3 Å². The van der Waals surface area contributed by atoms with E-state index in [1.54, 1.807) is 48.5 Å². The number of benzene rings is 2. The molecule has 156 valence electrons. The lowest BCUT2D eigenvalue weighted by Gasteiger charge is -2.13. The van der Waals surface area contributed by atoms with Crippen LogP contribution in [0.3, 0.4) is 0 Å². The Morgan fingerprint density at radius 2 is 1.81 bits per heavy atom. The highest BCUT2D eigenvalue weighted by Crippen LogP contribution is 2.32. The molecule has 1 aromatic heterocycles. The minimum Gasteiger partial charge on any atom is -0.492 e. The van der Waals surface area contributed by atoms with Gasteiger partial charge in [-0.3, -0.25) is 14.5 Å². The van der Waals surface area contributed by atoms with Crippen LogP contribution in [0.2, 0.25) is 0 Å². The van der Waals surface area contributed by atoms with Crippen molar-refractivity contribution >= 4 is 35.0 Å². The second-order valence-electron chi connectivity index (χ2n) is 6.43. The van der Waals surface area contributed by atoms with Crippen molar-refractivity contribution in [1.29, 1.82) is 0 Å². The smallest absolute Gasteiger partial charge is 0.379 e. The number of amides is 2. The van der Waals surface area contributed by atoms with E-state index < -0.39 is 5.97 Å². The van der Waals surface area contributed by atoms with Gasteiger partial charge in [-0.1, -0.05) is 30.3 Å². The number of para-hydroxylation sites is 1. The number of thioether (sulfide) groups is 1. The molecule has 8 heteroatoms. The fraction of sp³-hybridized carbons (Fsp3) is 0.0870. The number of nitrogens with zero attached hydrogens (tertiary/aromatic N) is 1. The molecule has 0 atom stereocenters. The van der Waals surface area contributed by atoms with Crippen LogP contribution in [-0.2, 0) is 4.79 Å². The number of hydrogen-bond donors (Lipinski definition) is 0. The number of carbonyl (C=O) groups is 3. The van der Waals surface area contributed by atoms with Crippen LogP contribution in [0.25, 0.3) is 6.08 Å².